The first kappa shape index (κ1) is 38.5. The zero-order valence-electron chi connectivity index (χ0n) is 32.5. The molecule has 54 heavy (non-hydrogen) atoms. The van der Waals surface area contributed by atoms with E-state index in [2.05, 4.69) is 78.1 Å². The summed E-state index contributed by atoms with van der Waals surface area (Å²) in [6.45, 7) is 10.2. The van der Waals surface area contributed by atoms with Crippen molar-refractivity contribution in [2.75, 3.05) is 11.4 Å². The number of fused-ring (bicyclic) bond motifs is 2. The molecule has 0 spiro atoms. The van der Waals surface area contributed by atoms with Gasteiger partial charge in [-0.25, -0.2) is 0 Å². The second kappa shape index (κ2) is 18.2. The molecule has 0 radical (unpaired) electrons. The minimum Gasteiger partial charge on any atom is -0.344 e. The van der Waals surface area contributed by atoms with E-state index in [4.69, 9.17) is 5.10 Å². The maximum absolute atomic E-state index is 11.4. The number of pyridine rings is 1. The summed E-state index contributed by atoms with van der Waals surface area (Å²) in [4.78, 5) is 18.0. The average molecular weight is 726 g/mol. The van der Waals surface area contributed by atoms with E-state index in [-0.39, 0.29) is 11.1 Å². The number of non-ortho nitro benzene ring substituents is 1. The van der Waals surface area contributed by atoms with Crippen LogP contribution in [0.15, 0.2) is 90.8 Å². The third-order valence-electron chi connectivity index (χ3n) is 10.7. The Kier molecular flexibility index (Phi) is 13.0. The van der Waals surface area contributed by atoms with Crippen molar-refractivity contribution in [3.8, 4) is 22.8 Å². The Balaban J connectivity index is 1.29. The van der Waals surface area contributed by atoms with Gasteiger partial charge in [-0.15, -0.1) is 10.2 Å². The molecule has 9 nitrogen and oxygen atoms in total. The summed E-state index contributed by atoms with van der Waals surface area (Å²) < 4.78 is 1.71. The molecule has 3 aromatic heterocycles. The van der Waals surface area contributed by atoms with Crippen LogP contribution in [0, 0.1) is 10.1 Å². The van der Waals surface area contributed by atoms with Crippen LogP contribution in [0.25, 0.3) is 34.5 Å². The molecule has 0 fully saturated rings. The Morgan fingerprint density at radius 1 is 0.796 bits per heavy atom. The number of nitrogens with zero attached hydrogens (tertiary/aromatic N) is 7. The fourth-order valence-electron chi connectivity index (χ4n) is 7.62. The quantitative estimate of drug-likeness (QED) is 0.0474. The average Bonchev–Trinajstić information content (AvgIpc) is 3.82. The first-order valence-corrected chi connectivity index (χ1v) is 20.0. The molecule has 2 aromatic carbocycles. The van der Waals surface area contributed by atoms with E-state index in [1.807, 2.05) is 30.4 Å². The SMILES string of the molecule is CCCCCCCCCCCCN1/C(=C/C=C/C=c2/c(-c3ccc([N+](=O)[O-])cc3)nn3c(-c4ccccn4)nnc23)C(C)(C)c2cc(CCCC)ccc21. The largest absolute Gasteiger partial charge is 0.344 e. The highest BCUT2D eigenvalue weighted by molar-refractivity contribution is 5.73. The number of allylic oxidation sites excluding steroid dienone is 4. The van der Waals surface area contributed by atoms with Crippen molar-refractivity contribution in [2.45, 2.75) is 117 Å². The molecule has 282 valence electrons. The molecular formula is C45H55N7O2. The predicted octanol–water partition coefficient (Wildman–Crippen LogP) is 10.8. The number of aryl methyl sites for hydroxylation is 1. The Hall–Kier alpha value is -5.18. The minimum absolute atomic E-state index is 0.0305. The molecule has 1 aliphatic rings. The van der Waals surface area contributed by atoms with Gasteiger partial charge < -0.3 is 4.90 Å². The lowest BCUT2D eigenvalue weighted by Gasteiger charge is -2.27. The van der Waals surface area contributed by atoms with Gasteiger partial charge in [0.25, 0.3) is 5.69 Å². The Bertz CT molecular complexity index is 2120. The van der Waals surface area contributed by atoms with Gasteiger partial charge >= 0.3 is 0 Å². The number of nitro benzene ring substituents is 1. The summed E-state index contributed by atoms with van der Waals surface area (Å²) in [5.74, 6) is 0.533. The highest BCUT2D eigenvalue weighted by atomic mass is 16.6. The van der Waals surface area contributed by atoms with Crippen LogP contribution in [0.4, 0.5) is 11.4 Å². The number of aromatic nitrogens is 5. The molecule has 0 N–H and O–H groups in total. The van der Waals surface area contributed by atoms with Crippen LogP contribution in [-0.2, 0) is 11.8 Å². The molecule has 0 bridgehead atoms. The standard InChI is InChI=1S/C45H55N7O2/c1-5-7-9-10-11-12-13-14-15-20-32-50-40-30-25-34(21-8-6-2)33-38(40)45(3,4)41(50)24-17-16-22-37-42(35-26-28-36(29-27-35)52(53)54)49-51-43(37)47-48-44(51)39-23-18-19-31-46-39/h16-19,22-31,33H,5-15,20-21,32H2,1-4H3/b17-16+,37-22-,41-24+. The van der Waals surface area contributed by atoms with Crippen molar-refractivity contribution in [3.05, 3.63) is 117 Å². The lowest BCUT2D eigenvalue weighted by atomic mass is 9.82. The van der Waals surface area contributed by atoms with E-state index in [1.54, 1.807) is 22.8 Å². The lowest BCUT2D eigenvalue weighted by Crippen LogP contribution is -2.27. The van der Waals surface area contributed by atoms with Crippen LogP contribution in [0.3, 0.4) is 0 Å². The van der Waals surface area contributed by atoms with Crippen LogP contribution in [-0.4, -0.2) is 36.3 Å². The molecule has 6 rings (SSSR count). The summed E-state index contributed by atoms with van der Waals surface area (Å²) >= 11 is 0. The number of nitro groups is 1. The Morgan fingerprint density at radius 3 is 2.19 bits per heavy atom. The Morgan fingerprint density at radius 2 is 1.50 bits per heavy atom. The van der Waals surface area contributed by atoms with Gasteiger partial charge in [-0.2, -0.15) is 9.61 Å². The van der Waals surface area contributed by atoms with Gasteiger partial charge in [0.1, 0.15) is 11.4 Å². The molecule has 0 saturated carbocycles. The van der Waals surface area contributed by atoms with Gasteiger partial charge in [-0.1, -0.05) is 122 Å². The van der Waals surface area contributed by atoms with Gasteiger partial charge in [0.15, 0.2) is 5.65 Å². The Labute approximate surface area is 320 Å². The molecule has 4 heterocycles. The molecule has 9 heteroatoms. The number of anilines is 1. The van der Waals surface area contributed by atoms with Crippen molar-refractivity contribution in [3.63, 3.8) is 0 Å². The number of benzene rings is 2. The third-order valence-corrected chi connectivity index (χ3v) is 10.7. The zero-order chi connectivity index (χ0) is 37.9. The van der Waals surface area contributed by atoms with Crippen LogP contribution < -0.4 is 10.1 Å². The topological polar surface area (TPSA) is 102 Å². The zero-order valence-corrected chi connectivity index (χ0v) is 32.5. The van der Waals surface area contributed by atoms with Crippen molar-refractivity contribution in [1.29, 1.82) is 0 Å². The van der Waals surface area contributed by atoms with Gasteiger partial charge in [0.05, 0.1) is 4.92 Å². The predicted molar refractivity (Wildman–Crippen MR) is 220 cm³/mol. The molecule has 0 saturated heterocycles. The van der Waals surface area contributed by atoms with E-state index in [9.17, 15) is 10.1 Å². The molecule has 0 atom stereocenters. The van der Waals surface area contributed by atoms with Crippen LogP contribution in [0.1, 0.15) is 116 Å². The summed E-state index contributed by atoms with van der Waals surface area (Å²) in [6, 6.07) is 19.2. The number of unbranched alkanes of at least 4 members (excludes halogenated alkanes) is 10. The van der Waals surface area contributed by atoms with Crippen LogP contribution in [0.5, 0.6) is 0 Å². The van der Waals surface area contributed by atoms with E-state index in [0.717, 1.165) is 30.2 Å². The van der Waals surface area contributed by atoms with Gasteiger partial charge in [0.2, 0.25) is 5.82 Å². The van der Waals surface area contributed by atoms with E-state index >= 15 is 0 Å². The van der Waals surface area contributed by atoms with Crippen LogP contribution in [0.2, 0.25) is 0 Å². The maximum atomic E-state index is 11.4. The molecule has 5 aromatic rings. The molecule has 0 amide bonds. The number of hydrogen-bond donors (Lipinski definition) is 0. The lowest BCUT2D eigenvalue weighted by molar-refractivity contribution is -0.384. The van der Waals surface area contributed by atoms with Crippen molar-refractivity contribution >= 4 is 23.1 Å². The fraction of sp³-hybridized carbons (Fsp3) is 0.422. The summed E-state index contributed by atoms with van der Waals surface area (Å²) in [7, 11) is 0. The summed E-state index contributed by atoms with van der Waals surface area (Å²) in [5.41, 5.74) is 8.00. The minimum atomic E-state index is -0.393. The van der Waals surface area contributed by atoms with E-state index in [0.29, 0.717) is 22.9 Å². The normalized spacial score (nSPS) is 14.9. The monoisotopic (exact) mass is 725 g/mol. The van der Waals surface area contributed by atoms with Gasteiger partial charge in [-0.3, -0.25) is 15.1 Å². The second-order valence-corrected chi connectivity index (χ2v) is 15.1. The number of rotatable bonds is 19. The molecule has 0 aliphatic carbocycles. The number of hydrogen-bond acceptors (Lipinski definition) is 7. The summed E-state index contributed by atoms with van der Waals surface area (Å²) in [6.07, 6.45) is 26.8. The molecular weight excluding hydrogens is 671 g/mol. The molecule has 0 unspecified atom stereocenters. The summed E-state index contributed by atoms with van der Waals surface area (Å²) in [5, 5.41) is 26.0. The third kappa shape index (κ3) is 8.78. The molecule has 1 aliphatic heterocycles. The van der Waals surface area contributed by atoms with E-state index < -0.39 is 4.92 Å². The maximum Gasteiger partial charge on any atom is 0.269 e. The van der Waals surface area contributed by atoms with E-state index in [1.165, 1.54) is 105 Å². The van der Waals surface area contributed by atoms with Crippen LogP contribution >= 0.6 is 0 Å². The fourth-order valence-corrected chi connectivity index (χ4v) is 7.62. The van der Waals surface area contributed by atoms with Gasteiger partial charge in [-0.05, 0) is 72.9 Å². The second-order valence-electron chi connectivity index (χ2n) is 15.1. The first-order chi connectivity index (χ1) is 26.3. The highest BCUT2D eigenvalue weighted by Gasteiger charge is 2.39. The first-order valence-electron chi connectivity index (χ1n) is 20.0. The van der Waals surface area contributed by atoms with Crippen molar-refractivity contribution in [1.82, 2.24) is 24.8 Å². The van der Waals surface area contributed by atoms with Crippen molar-refractivity contribution in [2.24, 2.45) is 0 Å². The van der Waals surface area contributed by atoms with Gasteiger partial charge in [0, 0.05) is 52.5 Å². The van der Waals surface area contributed by atoms with Crippen molar-refractivity contribution < 1.29 is 4.92 Å². The smallest absolute Gasteiger partial charge is 0.269 e. The highest BCUT2D eigenvalue weighted by Crippen LogP contribution is 2.48.